The van der Waals surface area contributed by atoms with Crippen molar-refractivity contribution in [1.82, 2.24) is 5.32 Å². The van der Waals surface area contributed by atoms with Crippen LogP contribution in [0.3, 0.4) is 0 Å². The second kappa shape index (κ2) is 6.65. The molecule has 5 heteroatoms. The summed E-state index contributed by atoms with van der Waals surface area (Å²) in [5.74, 6) is -1.19. The Kier molecular flexibility index (Phi) is 5.16. The Morgan fingerprint density at radius 2 is 1.94 bits per heavy atom. The number of carbonyl (C=O) groups excluding carboxylic acids is 2. The fourth-order valence-electron chi connectivity index (χ4n) is 1.44. The third-order valence-electron chi connectivity index (χ3n) is 2.25. The fraction of sp³-hybridized carbons (Fsp3) is 0.333. The van der Waals surface area contributed by atoms with Gasteiger partial charge in [0, 0.05) is 25.3 Å². The molecule has 0 aliphatic carbocycles. The van der Waals surface area contributed by atoms with Crippen LogP contribution in [0.5, 0.6) is 0 Å². The first-order valence-corrected chi connectivity index (χ1v) is 5.55. The Hall–Kier alpha value is -1.88. The molecule has 0 radical (unpaired) electrons. The Bertz CT molecular complexity index is 379. The number of benzene rings is 1. The predicted octanol–water partition coefficient (Wildman–Crippen LogP) is 0.114. The van der Waals surface area contributed by atoms with Gasteiger partial charge in [0.15, 0.2) is 0 Å². The summed E-state index contributed by atoms with van der Waals surface area (Å²) in [6, 6.07) is 9.08. The molecule has 0 saturated carbocycles. The highest BCUT2D eigenvalue weighted by Gasteiger charge is 2.20. The second-order valence-corrected chi connectivity index (χ2v) is 3.43. The average Bonchev–Trinajstić information content (AvgIpc) is 2.38. The van der Waals surface area contributed by atoms with E-state index >= 15 is 0 Å². The smallest absolute Gasteiger partial charge is 0.316 e. The molecule has 0 spiro atoms. The van der Waals surface area contributed by atoms with Crippen molar-refractivity contribution in [3.63, 3.8) is 0 Å². The molecule has 0 atom stereocenters. The Morgan fingerprint density at radius 3 is 2.47 bits per heavy atom. The highest BCUT2D eigenvalue weighted by molar-refractivity contribution is 6.40. The van der Waals surface area contributed by atoms with Gasteiger partial charge in [0.1, 0.15) is 0 Å². The number of hydrogen-bond acceptors (Lipinski definition) is 3. The molecule has 0 unspecified atom stereocenters. The number of likely N-dealkylation sites (N-methyl/N-ethyl adjacent to an activating group) is 1. The molecule has 0 fully saturated rings. The van der Waals surface area contributed by atoms with Crippen LogP contribution in [0, 0.1) is 0 Å². The van der Waals surface area contributed by atoms with E-state index in [1.165, 1.54) is 4.90 Å². The zero-order chi connectivity index (χ0) is 12.7. The largest absolute Gasteiger partial charge is 0.347 e. The van der Waals surface area contributed by atoms with Crippen LogP contribution in [0.4, 0.5) is 5.69 Å². The molecule has 0 aliphatic heterocycles. The van der Waals surface area contributed by atoms with Gasteiger partial charge in [0.05, 0.1) is 0 Å². The van der Waals surface area contributed by atoms with Gasteiger partial charge in [-0.15, -0.1) is 0 Å². The number of para-hydroxylation sites is 1. The Labute approximate surface area is 101 Å². The summed E-state index contributed by atoms with van der Waals surface area (Å²) in [5, 5.41) is 2.46. The van der Waals surface area contributed by atoms with Gasteiger partial charge in [-0.3, -0.25) is 9.59 Å². The van der Waals surface area contributed by atoms with E-state index in [4.69, 9.17) is 5.73 Å². The molecule has 0 saturated heterocycles. The fourth-order valence-corrected chi connectivity index (χ4v) is 1.44. The van der Waals surface area contributed by atoms with Crippen molar-refractivity contribution in [1.29, 1.82) is 0 Å². The molecule has 0 heterocycles. The summed E-state index contributed by atoms with van der Waals surface area (Å²) >= 11 is 0. The molecule has 1 aromatic rings. The van der Waals surface area contributed by atoms with Crippen LogP contribution in [0.1, 0.15) is 6.92 Å². The third-order valence-corrected chi connectivity index (χ3v) is 2.25. The Balaban J connectivity index is 2.74. The summed E-state index contributed by atoms with van der Waals surface area (Å²) in [4.78, 5) is 24.8. The standard InChI is InChI=1S/C12H17N3O2/c1-2-15(10-6-4-3-5-7-10)12(17)11(16)14-9-8-13/h3-7H,2,8-9,13H2,1H3,(H,14,16). The first-order chi connectivity index (χ1) is 8.20. The number of nitrogens with zero attached hydrogens (tertiary/aromatic N) is 1. The van der Waals surface area contributed by atoms with Gasteiger partial charge in [-0.2, -0.15) is 0 Å². The van der Waals surface area contributed by atoms with Crippen LogP contribution >= 0.6 is 0 Å². The lowest BCUT2D eigenvalue weighted by Gasteiger charge is -2.20. The summed E-state index contributed by atoms with van der Waals surface area (Å²) in [7, 11) is 0. The van der Waals surface area contributed by atoms with E-state index in [1.54, 1.807) is 12.1 Å². The van der Waals surface area contributed by atoms with Gasteiger partial charge in [-0.05, 0) is 19.1 Å². The van der Waals surface area contributed by atoms with E-state index in [-0.39, 0.29) is 0 Å². The number of carbonyl (C=O) groups is 2. The van der Waals surface area contributed by atoms with Gasteiger partial charge in [-0.25, -0.2) is 0 Å². The summed E-state index contributed by atoms with van der Waals surface area (Å²) in [6.45, 7) is 2.88. The van der Waals surface area contributed by atoms with Crippen LogP contribution in [0.2, 0.25) is 0 Å². The van der Waals surface area contributed by atoms with E-state index in [2.05, 4.69) is 5.32 Å². The molecule has 5 nitrogen and oxygen atoms in total. The quantitative estimate of drug-likeness (QED) is 0.727. The SMILES string of the molecule is CCN(C(=O)C(=O)NCCN)c1ccccc1. The first kappa shape index (κ1) is 13.2. The van der Waals surface area contributed by atoms with E-state index in [1.807, 2.05) is 25.1 Å². The molecule has 17 heavy (non-hydrogen) atoms. The summed E-state index contributed by atoms with van der Waals surface area (Å²) in [6.07, 6.45) is 0. The normalized spacial score (nSPS) is 9.76. The van der Waals surface area contributed by atoms with Gasteiger partial charge < -0.3 is 16.0 Å². The molecule has 0 aromatic heterocycles. The lowest BCUT2D eigenvalue weighted by molar-refractivity contribution is -0.137. The molecule has 1 aromatic carbocycles. The number of amides is 2. The number of anilines is 1. The van der Waals surface area contributed by atoms with E-state index in [0.717, 1.165) is 0 Å². The minimum Gasteiger partial charge on any atom is -0.347 e. The lowest BCUT2D eigenvalue weighted by atomic mass is 10.3. The van der Waals surface area contributed by atoms with Crippen molar-refractivity contribution in [3.8, 4) is 0 Å². The monoisotopic (exact) mass is 235 g/mol. The highest BCUT2D eigenvalue weighted by atomic mass is 16.2. The van der Waals surface area contributed by atoms with E-state index in [0.29, 0.717) is 25.3 Å². The molecule has 92 valence electrons. The van der Waals surface area contributed by atoms with Crippen LogP contribution < -0.4 is 16.0 Å². The molecular weight excluding hydrogens is 218 g/mol. The van der Waals surface area contributed by atoms with Crippen LogP contribution in [-0.4, -0.2) is 31.4 Å². The van der Waals surface area contributed by atoms with E-state index < -0.39 is 11.8 Å². The van der Waals surface area contributed by atoms with Crippen molar-refractivity contribution in [2.75, 3.05) is 24.5 Å². The highest BCUT2D eigenvalue weighted by Crippen LogP contribution is 2.12. The van der Waals surface area contributed by atoms with Crippen molar-refractivity contribution in [3.05, 3.63) is 30.3 Å². The lowest BCUT2D eigenvalue weighted by Crippen LogP contribution is -2.44. The van der Waals surface area contributed by atoms with Gasteiger partial charge in [-0.1, -0.05) is 18.2 Å². The van der Waals surface area contributed by atoms with Crippen molar-refractivity contribution < 1.29 is 9.59 Å². The van der Waals surface area contributed by atoms with Gasteiger partial charge in [0.25, 0.3) is 0 Å². The van der Waals surface area contributed by atoms with Crippen molar-refractivity contribution in [2.45, 2.75) is 6.92 Å². The maximum Gasteiger partial charge on any atom is 0.316 e. The molecule has 0 aliphatic rings. The van der Waals surface area contributed by atoms with Gasteiger partial charge in [0.2, 0.25) is 0 Å². The van der Waals surface area contributed by atoms with Crippen molar-refractivity contribution in [2.24, 2.45) is 5.73 Å². The van der Waals surface area contributed by atoms with E-state index in [9.17, 15) is 9.59 Å². The molecule has 3 N–H and O–H groups in total. The van der Waals surface area contributed by atoms with Crippen LogP contribution in [0.15, 0.2) is 30.3 Å². The first-order valence-electron chi connectivity index (χ1n) is 5.55. The number of rotatable bonds is 4. The Morgan fingerprint density at radius 1 is 1.29 bits per heavy atom. The van der Waals surface area contributed by atoms with Crippen molar-refractivity contribution >= 4 is 17.5 Å². The number of hydrogen-bond donors (Lipinski definition) is 2. The third kappa shape index (κ3) is 3.57. The predicted molar refractivity (Wildman–Crippen MR) is 66.5 cm³/mol. The van der Waals surface area contributed by atoms with Gasteiger partial charge >= 0.3 is 11.8 Å². The maximum atomic E-state index is 11.9. The second-order valence-electron chi connectivity index (χ2n) is 3.43. The summed E-state index contributed by atoms with van der Waals surface area (Å²) in [5.41, 5.74) is 5.97. The summed E-state index contributed by atoms with van der Waals surface area (Å²) < 4.78 is 0. The van der Waals surface area contributed by atoms with Crippen LogP contribution in [-0.2, 0) is 9.59 Å². The minimum atomic E-state index is -0.624. The molecule has 1 rings (SSSR count). The zero-order valence-electron chi connectivity index (χ0n) is 9.85. The zero-order valence-corrected chi connectivity index (χ0v) is 9.85. The molecule has 2 amide bonds. The topological polar surface area (TPSA) is 75.4 Å². The minimum absolute atomic E-state index is 0.302. The van der Waals surface area contributed by atoms with Crippen LogP contribution in [0.25, 0.3) is 0 Å². The maximum absolute atomic E-state index is 11.9. The molecule has 0 bridgehead atoms. The molecular formula is C12H17N3O2. The number of nitrogens with two attached hydrogens (primary N) is 1. The number of nitrogens with one attached hydrogen (secondary N) is 1. The average molecular weight is 235 g/mol.